The van der Waals surface area contributed by atoms with Crippen molar-refractivity contribution in [1.29, 1.82) is 0 Å². The van der Waals surface area contributed by atoms with Crippen molar-refractivity contribution in [2.45, 2.75) is 31.2 Å². The van der Waals surface area contributed by atoms with E-state index in [-0.39, 0.29) is 16.5 Å². The van der Waals surface area contributed by atoms with Crippen LogP contribution < -0.4 is 10.0 Å². The van der Waals surface area contributed by atoms with Gasteiger partial charge in [-0.15, -0.1) is 0 Å². The molecule has 0 unspecified atom stereocenters. The molecule has 0 saturated carbocycles. The fourth-order valence-electron chi connectivity index (χ4n) is 1.98. The van der Waals surface area contributed by atoms with Crippen LogP contribution in [0.2, 0.25) is 0 Å². The minimum atomic E-state index is -3.60. The number of halogens is 1. The average molecular weight is 350 g/mol. The Balaban J connectivity index is 2.13. The van der Waals surface area contributed by atoms with Crippen molar-refractivity contribution in [3.63, 3.8) is 0 Å². The van der Waals surface area contributed by atoms with Gasteiger partial charge >= 0.3 is 0 Å². The van der Waals surface area contributed by atoms with Crippen LogP contribution >= 0.6 is 0 Å². The highest BCUT2D eigenvalue weighted by atomic mass is 32.2. The van der Waals surface area contributed by atoms with Crippen LogP contribution in [0.4, 0.5) is 10.1 Å². The second-order valence-electron chi connectivity index (χ2n) is 5.39. The van der Waals surface area contributed by atoms with Gasteiger partial charge in [0.15, 0.2) is 0 Å². The second-order valence-corrected chi connectivity index (χ2v) is 7.10. The van der Waals surface area contributed by atoms with Crippen molar-refractivity contribution in [1.82, 2.24) is 4.72 Å². The van der Waals surface area contributed by atoms with E-state index in [4.69, 9.17) is 0 Å². The zero-order valence-corrected chi connectivity index (χ0v) is 14.2. The summed E-state index contributed by atoms with van der Waals surface area (Å²) in [4.78, 5) is 12.1. The van der Waals surface area contributed by atoms with E-state index in [0.717, 1.165) is 0 Å². The molecule has 2 rings (SSSR count). The number of rotatable bonds is 6. The van der Waals surface area contributed by atoms with Gasteiger partial charge in [0.25, 0.3) is 5.91 Å². The number of hydrogen-bond donors (Lipinski definition) is 2. The third-order valence-corrected chi connectivity index (χ3v) is 5.12. The number of sulfonamides is 1. The number of benzene rings is 2. The summed E-state index contributed by atoms with van der Waals surface area (Å²) in [7, 11) is -3.60. The molecule has 2 aromatic carbocycles. The summed E-state index contributed by atoms with van der Waals surface area (Å²) in [5.41, 5.74) is 0.304. The Morgan fingerprint density at radius 1 is 1.12 bits per heavy atom. The minimum Gasteiger partial charge on any atom is -0.322 e. The first-order chi connectivity index (χ1) is 11.3. The highest BCUT2D eigenvalue weighted by molar-refractivity contribution is 7.89. The molecule has 2 aromatic rings. The molecule has 0 heterocycles. The van der Waals surface area contributed by atoms with Crippen LogP contribution in [-0.2, 0) is 10.0 Å². The Labute approximate surface area is 141 Å². The summed E-state index contributed by atoms with van der Waals surface area (Å²) in [6.45, 7) is 3.66. The standard InChI is InChI=1S/C17H19FN2O3S/c1-3-12(2)20-24(22,23)14-10-8-13(9-11-14)19-17(21)15-6-4-5-7-16(15)18/h4-12,20H,3H2,1-2H3,(H,19,21)/t12-/m1/s1. The normalized spacial score (nSPS) is 12.6. The van der Waals surface area contributed by atoms with Gasteiger partial charge in [-0.3, -0.25) is 4.79 Å². The summed E-state index contributed by atoms with van der Waals surface area (Å²) >= 11 is 0. The SMILES string of the molecule is CC[C@@H](C)NS(=O)(=O)c1ccc(NC(=O)c2ccccc2F)cc1. The molecule has 0 bridgehead atoms. The molecule has 7 heteroatoms. The molecule has 0 aliphatic carbocycles. The molecule has 0 aromatic heterocycles. The van der Waals surface area contributed by atoms with E-state index < -0.39 is 21.7 Å². The van der Waals surface area contributed by atoms with E-state index >= 15 is 0 Å². The molecule has 128 valence electrons. The number of amides is 1. The Kier molecular flexibility index (Phi) is 5.69. The predicted molar refractivity (Wildman–Crippen MR) is 90.9 cm³/mol. The minimum absolute atomic E-state index is 0.0763. The third kappa shape index (κ3) is 4.39. The molecule has 5 nitrogen and oxygen atoms in total. The van der Waals surface area contributed by atoms with Crippen molar-refractivity contribution >= 4 is 21.6 Å². The van der Waals surface area contributed by atoms with Gasteiger partial charge in [0.2, 0.25) is 10.0 Å². The molecule has 1 amide bonds. The molecule has 24 heavy (non-hydrogen) atoms. The summed E-state index contributed by atoms with van der Waals surface area (Å²) in [6.07, 6.45) is 0.677. The molecule has 2 N–H and O–H groups in total. The van der Waals surface area contributed by atoms with E-state index in [2.05, 4.69) is 10.0 Å². The lowest BCUT2D eigenvalue weighted by molar-refractivity contribution is 0.102. The molecule has 0 saturated heterocycles. The lowest BCUT2D eigenvalue weighted by atomic mass is 10.2. The molecular weight excluding hydrogens is 331 g/mol. The second kappa shape index (κ2) is 7.55. The van der Waals surface area contributed by atoms with Crippen LogP contribution in [0.15, 0.2) is 53.4 Å². The summed E-state index contributed by atoms with van der Waals surface area (Å²) < 4.78 is 40.4. The number of anilines is 1. The molecule has 0 radical (unpaired) electrons. The maximum absolute atomic E-state index is 13.6. The number of hydrogen-bond acceptors (Lipinski definition) is 3. The van der Waals surface area contributed by atoms with Crippen LogP contribution in [0.25, 0.3) is 0 Å². The zero-order chi connectivity index (χ0) is 17.7. The van der Waals surface area contributed by atoms with Crippen LogP contribution in [-0.4, -0.2) is 20.4 Å². The maximum Gasteiger partial charge on any atom is 0.258 e. The topological polar surface area (TPSA) is 75.3 Å². The lowest BCUT2D eigenvalue weighted by Crippen LogP contribution is -2.31. The highest BCUT2D eigenvalue weighted by Crippen LogP contribution is 2.16. The summed E-state index contributed by atoms with van der Waals surface area (Å²) in [6, 6.07) is 11.2. The molecule has 0 spiro atoms. The van der Waals surface area contributed by atoms with Crippen LogP contribution in [0, 0.1) is 5.82 Å². The quantitative estimate of drug-likeness (QED) is 0.840. The Morgan fingerprint density at radius 3 is 2.33 bits per heavy atom. The molecule has 0 fully saturated rings. The fraction of sp³-hybridized carbons (Fsp3) is 0.235. The first-order valence-electron chi connectivity index (χ1n) is 7.51. The molecule has 0 aliphatic rings. The molecule has 1 atom stereocenters. The van der Waals surface area contributed by atoms with Crippen LogP contribution in [0.5, 0.6) is 0 Å². The third-order valence-electron chi connectivity index (χ3n) is 3.51. The number of nitrogens with one attached hydrogen (secondary N) is 2. The molecular formula is C17H19FN2O3S. The maximum atomic E-state index is 13.6. The van der Waals surface area contributed by atoms with Crippen molar-refractivity contribution in [3.8, 4) is 0 Å². The van der Waals surface area contributed by atoms with Crippen molar-refractivity contribution in [2.75, 3.05) is 5.32 Å². The van der Waals surface area contributed by atoms with Gasteiger partial charge in [-0.25, -0.2) is 17.5 Å². The molecule has 0 aliphatic heterocycles. The van der Waals surface area contributed by atoms with Crippen molar-refractivity contribution < 1.29 is 17.6 Å². The van der Waals surface area contributed by atoms with Crippen LogP contribution in [0.3, 0.4) is 0 Å². The summed E-state index contributed by atoms with van der Waals surface area (Å²) in [5.74, 6) is -1.21. The van der Waals surface area contributed by atoms with E-state index in [1.807, 2.05) is 6.92 Å². The van der Waals surface area contributed by atoms with E-state index in [0.29, 0.717) is 12.1 Å². The van der Waals surface area contributed by atoms with Crippen LogP contribution in [0.1, 0.15) is 30.6 Å². The zero-order valence-electron chi connectivity index (χ0n) is 13.4. The van der Waals surface area contributed by atoms with Gasteiger partial charge in [0.1, 0.15) is 5.82 Å². The fourth-order valence-corrected chi connectivity index (χ4v) is 3.30. The van der Waals surface area contributed by atoms with Gasteiger partial charge in [-0.2, -0.15) is 0 Å². The van der Waals surface area contributed by atoms with Gasteiger partial charge < -0.3 is 5.32 Å². The van der Waals surface area contributed by atoms with E-state index in [1.54, 1.807) is 13.0 Å². The van der Waals surface area contributed by atoms with Gasteiger partial charge in [0.05, 0.1) is 10.5 Å². The lowest BCUT2D eigenvalue weighted by Gasteiger charge is -2.12. The number of carbonyl (C=O) groups excluding carboxylic acids is 1. The largest absolute Gasteiger partial charge is 0.322 e. The van der Waals surface area contributed by atoms with E-state index in [1.165, 1.54) is 42.5 Å². The van der Waals surface area contributed by atoms with Gasteiger partial charge in [-0.05, 0) is 49.7 Å². The predicted octanol–water partition coefficient (Wildman–Crippen LogP) is 3.15. The Bertz CT molecular complexity index is 820. The van der Waals surface area contributed by atoms with Gasteiger partial charge in [-0.1, -0.05) is 19.1 Å². The monoisotopic (exact) mass is 350 g/mol. The van der Waals surface area contributed by atoms with E-state index in [9.17, 15) is 17.6 Å². The first kappa shape index (κ1) is 18.1. The highest BCUT2D eigenvalue weighted by Gasteiger charge is 2.17. The van der Waals surface area contributed by atoms with Gasteiger partial charge in [0, 0.05) is 11.7 Å². The first-order valence-corrected chi connectivity index (χ1v) is 9.00. The van der Waals surface area contributed by atoms with Crippen molar-refractivity contribution in [2.24, 2.45) is 0 Å². The summed E-state index contributed by atoms with van der Waals surface area (Å²) in [5, 5.41) is 2.54. The number of carbonyl (C=O) groups is 1. The van der Waals surface area contributed by atoms with Crippen molar-refractivity contribution in [3.05, 3.63) is 59.9 Å². The Hall–Kier alpha value is -2.25. The smallest absolute Gasteiger partial charge is 0.258 e. The average Bonchev–Trinajstić information content (AvgIpc) is 2.55. The Morgan fingerprint density at radius 2 is 1.75 bits per heavy atom.